The van der Waals surface area contributed by atoms with Gasteiger partial charge in [-0.05, 0) is 36.8 Å². The van der Waals surface area contributed by atoms with Gasteiger partial charge in [0.25, 0.3) is 5.91 Å². The van der Waals surface area contributed by atoms with Gasteiger partial charge in [0.1, 0.15) is 11.6 Å². The molecule has 126 valence electrons. The molecule has 0 aliphatic rings. The maximum atomic E-state index is 13.3. The number of ether oxygens (including phenoxy) is 1. The predicted molar refractivity (Wildman–Crippen MR) is 89.5 cm³/mol. The molecular weight excluding hydrogens is 311 g/mol. The van der Waals surface area contributed by atoms with Gasteiger partial charge in [0.05, 0.1) is 12.3 Å². The average Bonchev–Trinajstić information content (AvgIpc) is 2.56. The van der Waals surface area contributed by atoms with Crippen LogP contribution in [-0.4, -0.2) is 18.4 Å². The van der Waals surface area contributed by atoms with Crippen molar-refractivity contribution >= 4 is 17.5 Å². The van der Waals surface area contributed by atoms with E-state index in [2.05, 4.69) is 10.6 Å². The van der Waals surface area contributed by atoms with E-state index in [1.54, 1.807) is 31.2 Å². The fraction of sp³-hybridized carbons (Fsp3) is 0.222. The molecule has 2 N–H and O–H groups in total. The molecule has 2 aromatic rings. The van der Waals surface area contributed by atoms with Gasteiger partial charge in [-0.3, -0.25) is 9.59 Å². The second kappa shape index (κ2) is 8.10. The van der Waals surface area contributed by atoms with Crippen LogP contribution >= 0.6 is 0 Å². The Morgan fingerprint density at radius 1 is 1.12 bits per heavy atom. The maximum absolute atomic E-state index is 13.3. The minimum absolute atomic E-state index is 0.114. The minimum Gasteiger partial charge on any atom is -0.492 e. The minimum atomic E-state index is -0.432. The highest BCUT2D eigenvalue weighted by Crippen LogP contribution is 2.26. The number of hydrogen-bond donors (Lipinski definition) is 2. The summed E-state index contributed by atoms with van der Waals surface area (Å²) in [5.74, 6) is -0.586. The number of nitrogens with one attached hydrogen (secondary N) is 2. The summed E-state index contributed by atoms with van der Waals surface area (Å²) >= 11 is 0. The van der Waals surface area contributed by atoms with Crippen LogP contribution < -0.4 is 15.4 Å². The number of carbonyl (C=O) groups excluding carboxylic acids is 2. The van der Waals surface area contributed by atoms with E-state index in [0.717, 1.165) is 5.56 Å². The number of anilines is 1. The second-order valence-electron chi connectivity index (χ2n) is 5.13. The number of amides is 2. The van der Waals surface area contributed by atoms with Crippen LogP contribution in [0.4, 0.5) is 10.1 Å². The van der Waals surface area contributed by atoms with Gasteiger partial charge >= 0.3 is 0 Å². The molecule has 0 spiro atoms. The van der Waals surface area contributed by atoms with Crippen molar-refractivity contribution in [2.45, 2.75) is 20.4 Å². The Hall–Kier alpha value is -2.89. The maximum Gasteiger partial charge on any atom is 0.255 e. The van der Waals surface area contributed by atoms with E-state index in [0.29, 0.717) is 24.4 Å². The predicted octanol–water partition coefficient (Wildman–Crippen LogP) is 3.11. The molecule has 0 aliphatic heterocycles. The first-order valence-electron chi connectivity index (χ1n) is 7.56. The summed E-state index contributed by atoms with van der Waals surface area (Å²) < 4.78 is 18.6. The van der Waals surface area contributed by atoms with Crippen molar-refractivity contribution in [3.63, 3.8) is 0 Å². The first-order chi connectivity index (χ1) is 11.5. The molecule has 0 fully saturated rings. The highest BCUT2D eigenvalue weighted by atomic mass is 19.1. The van der Waals surface area contributed by atoms with Crippen molar-refractivity contribution < 1.29 is 18.7 Å². The zero-order valence-corrected chi connectivity index (χ0v) is 13.6. The summed E-state index contributed by atoms with van der Waals surface area (Å²) in [6, 6.07) is 10.8. The molecule has 6 heteroatoms. The number of rotatable bonds is 6. The fourth-order valence-electron chi connectivity index (χ4n) is 2.07. The standard InChI is InChI=1S/C18H19FN2O3/c1-3-24-17-10-15(19)8-9-16(17)21-18(23)14-6-4-13(5-7-14)11-20-12(2)22/h4-10H,3,11H2,1-2H3,(H,20,22)(H,21,23). The Labute approximate surface area is 139 Å². The molecule has 0 atom stereocenters. The lowest BCUT2D eigenvalue weighted by Gasteiger charge is -2.12. The van der Waals surface area contributed by atoms with Gasteiger partial charge in [0, 0.05) is 25.1 Å². The topological polar surface area (TPSA) is 67.4 Å². The molecule has 0 radical (unpaired) electrons. The SMILES string of the molecule is CCOc1cc(F)ccc1NC(=O)c1ccc(CNC(C)=O)cc1. The highest BCUT2D eigenvalue weighted by Gasteiger charge is 2.11. The monoisotopic (exact) mass is 330 g/mol. The molecule has 0 saturated heterocycles. The van der Waals surface area contributed by atoms with E-state index in [4.69, 9.17) is 4.74 Å². The Bertz CT molecular complexity index is 730. The van der Waals surface area contributed by atoms with Gasteiger partial charge in [-0.1, -0.05) is 12.1 Å². The zero-order valence-electron chi connectivity index (χ0n) is 13.6. The van der Waals surface area contributed by atoms with Crippen LogP contribution in [0.1, 0.15) is 29.8 Å². The van der Waals surface area contributed by atoms with Gasteiger partial charge in [-0.15, -0.1) is 0 Å². The molecule has 2 aromatic carbocycles. The Morgan fingerprint density at radius 2 is 1.83 bits per heavy atom. The van der Waals surface area contributed by atoms with Gasteiger partial charge in [-0.2, -0.15) is 0 Å². The number of halogens is 1. The molecule has 2 rings (SSSR count). The number of hydrogen-bond acceptors (Lipinski definition) is 3. The van der Waals surface area contributed by atoms with Crippen LogP contribution in [0.3, 0.4) is 0 Å². The molecule has 0 saturated carbocycles. The summed E-state index contributed by atoms with van der Waals surface area (Å²) in [5.41, 5.74) is 1.75. The second-order valence-corrected chi connectivity index (χ2v) is 5.13. The lowest BCUT2D eigenvalue weighted by Crippen LogP contribution is -2.19. The van der Waals surface area contributed by atoms with Crippen molar-refractivity contribution in [2.75, 3.05) is 11.9 Å². The molecule has 0 aromatic heterocycles. The molecule has 0 unspecified atom stereocenters. The van der Waals surface area contributed by atoms with Crippen LogP contribution in [-0.2, 0) is 11.3 Å². The zero-order chi connectivity index (χ0) is 17.5. The Morgan fingerprint density at radius 3 is 2.46 bits per heavy atom. The molecule has 24 heavy (non-hydrogen) atoms. The van der Waals surface area contributed by atoms with E-state index < -0.39 is 5.82 Å². The van der Waals surface area contributed by atoms with Gasteiger partial charge in [-0.25, -0.2) is 4.39 Å². The van der Waals surface area contributed by atoms with Crippen molar-refractivity contribution in [1.29, 1.82) is 0 Å². The van der Waals surface area contributed by atoms with Gasteiger partial charge in [0.2, 0.25) is 5.91 Å². The van der Waals surface area contributed by atoms with Crippen molar-refractivity contribution in [3.8, 4) is 5.75 Å². The first kappa shape index (κ1) is 17.5. The van der Waals surface area contributed by atoms with Crippen LogP contribution in [0, 0.1) is 5.82 Å². The van der Waals surface area contributed by atoms with Crippen molar-refractivity contribution in [1.82, 2.24) is 5.32 Å². The van der Waals surface area contributed by atoms with Gasteiger partial charge < -0.3 is 15.4 Å². The lowest BCUT2D eigenvalue weighted by molar-refractivity contribution is -0.119. The quantitative estimate of drug-likeness (QED) is 0.855. The van der Waals surface area contributed by atoms with Crippen LogP contribution in [0.25, 0.3) is 0 Å². The Balaban J connectivity index is 2.08. The summed E-state index contributed by atoms with van der Waals surface area (Å²) in [7, 11) is 0. The van der Waals surface area contributed by atoms with E-state index in [1.807, 2.05) is 0 Å². The smallest absolute Gasteiger partial charge is 0.255 e. The molecule has 2 amide bonds. The summed E-state index contributed by atoms with van der Waals surface area (Å²) in [6.45, 7) is 4.00. The van der Waals surface area contributed by atoms with E-state index in [-0.39, 0.29) is 17.6 Å². The first-order valence-corrected chi connectivity index (χ1v) is 7.56. The normalized spacial score (nSPS) is 10.1. The van der Waals surface area contributed by atoms with E-state index in [1.165, 1.54) is 25.1 Å². The molecule has 5 nitrogen and oxygen atoms in total. The highest BCUT2D eigenvalue weighted by molar-refractivity contribution is 6.05. The van der Waals surface area contributed by atoms with Crippen molar-refractivity contribution in [2.24, 2.45) is 0 Å². The number of carbonyl (C=O) groups is 2. The van der Waals surface area contributed by atoms with Crippen LogP contribution in [0.15, 0.2) is 42.5 Å². The van der Waals surface area contributed by atoms with E-state index >= 15 is 0 Å². The molecule has 0 bridgehead atoms. The molecule has 0 heterocycles. The van der Waals surface area contributed by atoms with Crippen LogP contribution in [0.2, 0.25) is 0 Å². The average molecular weight is 330 g/mol. The summed E-state index contributed by atoms with van der Waals surface area (Å²) in [5, 5.41) is 5.39. The third-order valence-electron chi connectivity index (χ3n) is 3.25. The molecule has 0 aliphatic carbocycles. The lowest BCUT2D eigenvalue weighted by atomic mass is 10.1. The van der Waals surface area contributed by atoms with E-state index in [9.17, 15) is 14.0 Å². The summed E-state index contributed by atoms with van der Waals surface area (Å²) in [6.07, 6.45) is 0. The fourth-order valence-corrected chi connectivity index (χ4v) is 2.07. The van der Waals surface area contributed by atoms with Crippen molar-refractivity contribution in [3.05, 3.63) is 59.4 Å². The third kappa shape index (κ3) is 4.81. The summed E-state index contributed by atoms with van der Waals surface area (Å²) in [4.78, 5) is 23.2. The van der Waals surface area contributed by atoms with Gasteiger partial charge in [0.15, 0.2) is 0 Å². The molecular formula is C18H19FN2O3. The largest absolute Gasteiger partial charge is 0.492 e. The third-order valence-corrected chi connectivity index (χ3v) is 3.25. The Kier molecular flexibility index (Phi) is 5.89. The van der Waals surface area contributed by atoms with Crippen LogP contribution in [0.5, 0.6) is 5.75 Å². The number of benzene rings is 2.